The summed E-state index contributed by atoms with van der Waals surface area (Å²) in [6, 6.07) is 0. The fourth-order valence-corrected chi connectivity index (χ4v) is 1.02. The molecule has 90 valence electrons. The van der Waals surface area contributed by atoms with Crippen molar-refractivity contribution in [3.05, 3.63) is 11.9 Å². The summed E-state index contributed by atoms with van der Waals surface area (Å²) in [6.45, 7) is 3.25. The molecule has 0 fully saturated rings. The molecule has 0 unspecified atom stereocenters. The number of nitrogens with zero attached hydrogens (tertiary/aromatic N) is 2. The van der Waals surface area contributed by atoms with Gasteiger partial charge in [0.05, 0.1) is 12.3 Å². The van der Waals surface area contributed by atoms with Crippen molar-refractivity contribution in [1.29, 1.82) is 0 Å². The lowest BCUT2D eigenvalue weighted by Gasteiger charge is -2.07. The predicted octanol–water partition coefficient (Wildman–Crippen LogP) is 2.28. The van der Waals surface area contributed by atoms with Crippen molar-refractivity contribution < 1.29 is 23.0 Å². The van der Waals surface area contributed by atoms with Gasteiger partial charge in [0.15, 0.2) is 11.4 Å². The van der Waals surface area contributed by atoms with Crippen LogP contribution < -0.4 is 4.74 Å². The highest BCUT2D eigenvalue weighted by Crippen LogP contribution is 2.27. The normalized spacial score (nSPS) is 10.9. The van der Waals surface area contributed by atoms with Gasteiger partial charge in [0.25, 0.3) is 6.43 Å². The zero-order valence-corrected chi connectivity index (χ0v) is 9.11. The molecule has 0 aliphatic heterocycles. The molecule has 0 atom stereocenters. The Morgan fingerprint density at radius 2 is 2.12 bits per heavy atom. The summed E-state index contributed by atoms with van der Waals surface area (Å²) in [6.07, 6.45) is -3.02. The first kappa shape index (κ1) is 12.4. The zero-order chi connectivity index (χ0) is 12.3. The molecule has 0 aliphatic carbocycles. The molecule has 0 radical (unpaired) electrons. The third kappa shape index (κ3) is 3.18. The highest BCUT2D eigenvalue weighted by molar-refractivity contribution is 5.64. The van der Waals surface area contributed by atoms with Crippen LogP contribution in [0.5, 0.6) is 5.75 Å². The Labute approximate surface area is 90.9 Å². The van der Waals surface area contributed by atoms with Gasteiger partial charge in [-0.25, -0.2) is 13.6 Å². The van der Waals surface area contributed by atoms with Crippen molar-refractivity contribution in [2.45, 2.75) is 26.4 Å². The molecule has 5 nitrogen and oxygen atoms in total. The van der Waals surface area contributed by atoms with Crippen LogP contribution in [0.15, 0.2) is 6.20 Å². The number of carbonyl (C=O) groups is 1. The molecule has 16 heavy (non-hydrogen) atoms. The molecule has 0 saturated heterocycles. The molecular formula is C9H12F2N2O3. The van der Waals surface area contributed by atoms with Crippen molar-refractivity contribution in [1.82, 2.24) is 9.78 Å². The van der Waals surface area contributed by atoms with Crippen molar-refractivity contribution in [3.8, 4) is 5.75 Å². The topological polar surface area (TPSA) is 53.4 Å². The SMILES string of the molecule is CC(C)OC(=O)Oc1cn(C)nc1C(F)F. The number of ether oxygens (including phenoxy) is 2. The standard InChI is InChI=1S/C9H12F2N2O3/c1-5(2)15-9(14)16-6-4-13(3)12-7(6)8(10)11/h4-5,8H,1-3H3. The number of aromatic nitrogens is 2. The van der Waals surface area contributed by atoms with Crippen molar-refractivity contribution >= 4 is 6.16 Å². The second-order valence-electron chi connectivity index (χ2n) is 3.37. The Morgan fingerprint density at radius 3 is 2.62 bits per heavy atom. The lowest BCUT2D eigenvalue weighted by molar-refractivity contribution is 0.0706. The quantitative estimate of drug-likeness (QED) is 0.753. The number of hydrogen-bond donors (Lipinski definition) is 0. The van der Waals surface area contributed by atoms with Crippen LogP contribution in [0.4, 0.5) is 13.6 Å². The van der Waals surface area contributed by atoms with E-state index in [1.807, 2.05) is 0 Å². The Hall–Kier alpha value is -1.66. The molecule has 7 heteroatoms. The van der Waals surface area contributed by atoms with E-state index in [0.29, 0.717) is 0 Å². The van der Waals surface area contributed by atoms with Crippen LogP contribution in [0.3, 0.4) is 0 Å². The molecule has 0 spiro atoms. The Kier molecular flexibility index (Phi) is 3.81. The Bertz CT molecular complexity index is 377. The molecule has 0 amide bonds. The monoisotopic (exact) mass is 234 g/mol. The molecule has 1 aromatic heterocycles. The summed E-state index contributed by atoms with van der Waals surface area (Å²) in [4.78, 5) is 11.1. The molecule has 0 aromatic carbocycles. The lowest BCUT2D eigenvalue weighted by Crippen LogP contribution is -2.16. The maximum absolute atomic E-state index is 12.4. The third-order valence-corrected chi connectivity index (χ3v) is 1.55. The van der Waals surface area contributed by atoms with Crippen LogP contribution in [0, 0.1) is 0 Å². The predicted molar refractivity (Wildman–Crippen MR) is 50.4 cm³/mol. The molecule has 1 aromatic rings. The van der Waals surface area contributed by atoms with Gasteiger partial charge >= 0.3 is 6.16 Å². The molecular weight excluding hydrogens is 222 g/mol. The van der Waals surface area contributed by atoms with E-state index < -0.39 is 18.3 Å². The van der Waals surface area contributed by atoms with Crippen molar-refractivity contribution in [2.24, 2.45) is 7.05 Å². The summed E-state index contributed by atoms with van der Waals surface area (Å²) in [7, 11) is 1.45. The molecule has 1 rings (SSSR count). The van der Waals surface area contributed by atoms with Gasteiger partial charge in [-0.15, -0.1) is 0 Å². The largest absolute Gasteiger partial charge is 0.514 e. The van der Waals surface area contributed by atoms with E-state index in [4.69, 9.17) is 0 Å². The van der Waals surface area contributed by atoms with Crippen molar-refractivity contribution in [2.75, 3.05) is 0 Å². The fourth-order valence-electron chi connectivity index (χ4n) is 1.02. The summed E-state index contributed by atoms with van der Waals surface area (Å²) >= 11 is 0. The Morgan fingerprint density at radius 1 is 1.50 bits per heavy atom. The zero-order valence-electron chi connectivity index (χ0n) is 9.11. The van der Waals surface area contributed by atoms with Crippen LogP contribution >= 0.6 is 0 Å². The van der Waals surface area contributed by atoms with E-state index in [1.54, 1.807) is 13.8 Å². The van der Waals surface area contributed by atoms with Gasteiger partial charge in [0, 0.05) is 7.05 Å². The minimum Gasteiger partial charge on any atom is -0.431 e. The fraction of sp³-hybridized carbons (Fsp3) is 0.556. The van der Waals surface area contributed by atoms with Crippen molar-refractivity contribution in [3.63, 3.8) is 0 Å². The van der Waals surface area contributed by atoms with Gasteiger partial charge in [-0.2, -0.15) is 5.10 Å². The van der Waals surface area contributed by atoms with E-state index in [-0.39, 0.29) is 11.9 Å². The van der Waals surface area contributed by atoms with E-state index >= 15 is 0 Å². The molecule has 0 saturated carbocycles. The van der Waals surface area contributed by atoms with Crippen LogP contribution in [0.2, 0.25) is 0 Å². The minimum atomic E-state index is -2.80. The highest BCUT2D eigenvalue weighted by Gasteiger charge is 2.21. The first-order valence-electron chi connectivity index (χ1n) is 4.60. The Balaban J connectivity index is 2.76. The second kappa shape index (κ2) is 4.91. The van der Waals surface area contributed by atoms with Gasteiger partial charge in [-0.05, 0) is 13.8 Å². The maximum atomic E-state index is 12.4. The smallest absolute Gasteiger partial charge is 0.431 e. The minimum absolute atomic E-state index is 0.289. The van der Waals surface area contributed by atoms with E-state index in [2.05, 4.69) is 14.6 Å². The van der Waals surface area contributed by atoms with E-state index in [0.717, 1.165) is 4.68 Å². The molecule has 1 heterocycles. The average Bonchev–Trinajstić information content (AvgIpc) is 2.44. The number of halogens is 2. The average molecular weight is 234 g/mol. The van der Waals surface area contributed by atoms with Gasteiger partial charge in [0.1, 0.15) is 0 Å². The van der Waals surface area contributed by atoms with Gasteiger partial charge in [0.2, 0.25) is 0 Å². The summed E-state index contributed by atoms with van der Waals surface area (Å²) < 4.78 is 35.3. The number of hydrogen-bond acceptors (Lipinski definition) is 4. The summed E-state index contributed by atoms with van der Waals surface area (Å²) in [5.74, 6) is -0.289. The van der Waals surface area contributed by atoms with E-state index in [1.165, 1.54) is 13.2 Å². The number of carbonyl (C=O) groups excluding carboxylic acids is 1. The highest BCUT2D eigenvalue weighted by atomic mass is 19.3. The number of alkyl halides is 2. The van der Waals surface area contributed by atoms with Crippen LogP contribution in [0.25, 0.3) is 0 Å². The third-order valence-electron chi connectivity index (χ3n) is 1.55. The van der Waals surface area contributed by atoms with Crippen LogP contribution in [-0.2, 0) is 11.8 Å². The summed E-state index contributed by atoms with van der Waals surface area (Å²) in [5.41, 5.74) is -0.580. The van der Waals surface area contributed by atoms with E-state index in [9.17, 15) is 13.6 Å². The summed E-state index contributed by atoms with van der Waals surface area (Å²) in [5, 5.41) is 3.48. The molecule has 0 bridgehead atoms. The van der Waals surface area contributed by atoms with Gasteiger partial charge in [-0.3, -0.25) is 4.68 Å². The molecule has 0 aliphatic rings. The second-order valence-corrected chi connectivity index (χ2v) is 3.37. The molecule has 0 N–H and O–H groups in total. The maximum Gasteiger partial charge on any atom is 0.514 e. The van der Waals surface area contributed by atoms with Gasteiger partial charge in [-0.1, -0.05) is 0 Å². The first-order valence-corrected chi connectivity index (χ1v) is 4.60. The first-order chi connectivity index (χ1) is 7.40. The van der Waals surface area contributed by atoms with Crippen LogP contribution in [-0.4, -0.2) is 22.0 Å². The number of aryl methyl sites for hydroxylation is 1. The van der Waals surface area contributed by atoms with Crippen LogP contribution in [0.1, 0.15) is 26.0 Å². The van der Waals surface area contributed by atoms with Gasteiger partial charge < -0.3 is 9.47 Å². The lowest BCUT2D eigenvalue weighted by atomic mass is 10.4. The number of rotatable bonds is 3.